The van der Waals surface area contributed by atoms with Gasteiger partial charge in [0.15, 0.2) is 0 Å². The first kappa shape index (κ1) is 15.8. The van der Waals surface area contributed by atoms with Crippen LogP contribution in [-0.2, 0) is 4.74 Å². The highest BCUT2D eigenvalue weighted by molar-refractivity contribution is 5.49. The van der Waals surface area contributed by atoms with E-state index in [-0.39, 0.29) is 0 Å². The molecule has 4 nitrogen and oxygen atoms in total. The van der Waals surface area contributed by atoms with E-state index in [4.69, 9.17) is 9.72 Å². The molecule has 0 saturated carbocycles. The predicted molar refractivity (Wildman–Crippen MR) is 90.3 cm³/mol. The number of morpholine rings is 1. The van der Waals surface area contributed by atoms with Gasteiger partial charge in [0.25, 0.3) is 0 Å². The molecule has 1 unspecified atom stereocenters. The third kappa shape index (κ3) is 3.61. The Hall–Kier alpha value is -1.13. The van der Waals surface area contributed by atoms with Gasteiger partial charge in [0.05, 0.1) is 13.2 Å². The van der Waals surface area contributed by atoms with Crippen molar-refractivity contribution < 1.29 is 4.74 Å². The Labute approximate surface area is 134 Å². The lowest BCUT2D eigenvalue weighted by Crippen LogP contribution is -2.39. The molecule has 2 aliphatic rings. The molecule has 0 N–H and O–H groups in total. The van der Waals surface area contributed by atoms with Crippen LogP contribution in [0.25, 0.3) is 0 Å². The second kappa shape index (κ2) is 7.93. The molecule has 2 aliphatic heterocycles. The standard InChI is InChI=1S/C18H29N3O/c1-2-3-10-20-11-5-4-8-17(20)16-7-6-9-19-18(16)21-12-14-22-15-13-21/h6-7,9,17H,2-5,8,10-15H2,1H3. The highest BCUT2D eigenvalue weighted by atomic mass is 16.5. The van der Waals surface area contributed by atoms with Crippen LogP contribution in [0.1, 0.15) is 50.6 Å². The average molecular weight is 303 g/mol. The zero-order chi connectivity index (χ0) is 15.2. The van der Waals surface area contributed by atoms with Crippen LogP contribution in [0.3, 0.4) is 0 Å². The molecule has 22 heavy (non-hydrogen) atoms. The van der Waals surface area contributed by atoms with Crippen molar-refractivity contribution in [2.24, 2.45) is 0 Å². The third-order valence-corrected chi connectivity index (χ3v) is 4.90. The van der Waals surface area contributed by atoms with Crippen molar-refractivity contribution in [3.8, 4) is 0 Å². The molecule has 1 aromatic heterocycles. The number of anilines is 1. The summed E-state index contributed by atoms with van der Waals surface area (Å²) in [5.41, 5.74) is 1.43. The highest BCUT2D eigenvalue weighted by Crippen LogP contribution is 2.35. The Morgan fingerprint density at radius 1 is 1.23 bits per heavy atom. The second-order valence-corrected chi connectivity index (χ2v) is 6.42. The van der Waals surface area contributed by atoms with Crippen molar-refractivity contribution >= 4 is 5.82 Å². The van der Waals surface area contributed by atoms with Gasteiger partial charge in [0, 0.05) is 30.9 Å². The first-order chi connectivity index (χ1) is 10.9. The maximum absolute atomic E-state index is 5.50. The normalized spacial score (nSPS) is 23.7. The number of ether oxygens (including phenoxy) is 1. The minimum Gasteiger partial charge on any atom is -0.378 e. The van der Waals surface area contributed by atoms with Crippen LogP contribution < -0.4 is 4.90 Å². The zero-order valence-corrected chi connectivity index (χ0v) is 13.8. The minimum atomic E-state index is 0.548. The van der Waals surface area contributed by atoms with Crippen LogP contribution >= 0.6 is 0 Å². The average Bonchev–Trinajstić information content (AvgIpc) is 2.61. The lowest BCUT2D eigenvalue weighted by atomic mass is 9.95. The van der Waals surface area contributed by atoms with Crippen LogP contribution in [0.2, 0.25) is 0 Å². The molecule has 1 aromatic rings. The van der Waals surface area contributed by atoms with Gasteiger partial charge in [-0.1, -0.05) is 25.8 Å². The summed E-state index contributed by atoms with van der Waals surface area (Å²) in [6.45, 7) is 8.31. The number of aromatic nitrogens is 1. The van der Waals surface area contributed by atoms with E-state index in [0.717, 1.165) is 26.3 Å². The maximum Gasteiger partial charge on any atom is 0.133 e. The van der Waals surface area contributed by atoms with Crippen molar-refractivity contribution in [3.63, 3.8) is 0 Å². The predicted octanol–water partition coefficient (Wildman–Crippen LogP) is 3.25. The van der Waals surface area contributed by atoms with Gasteiger partial charge in [0.2, 0.25) is 0 Å². The second-order valence-electron chi connectivity index (χ2n) is 6.42. The molecule has 2 saturated heterocycles. The van der Waals surface area contributed by atoms with Crippen LogP contribution in [0.4, 0.5) is 5.82 Å². The van der Waals surface area contributed by atoms with Gasteiger partial charge in [-0.05, 0) is 38.4 Å². The number of hydrogen-bond donors (Lipinski definition) is 0. The summed E-state index contributed by atoms with van der Waals surface area (Å²) in [7, 11) is 0. The monoisotopic (exact) mass is 303 g/mol. The van der Waals surface area contributed by atoms with E-state index in [9.17, 15) is 0 Å². The Morgan fingerprint density at radius 3 is 2.91 bits per heavy atom. The molecule has 4 heteroatoms. The first-order valence-electron chi connectivity index (χ1n) is 8.92. The number of nitrogens with zero attached hydrogens (tertiary/aromatic N) is 3. The van der Waals surface area contributed by atoms with E-state index in [0.29, 0.717) is 6.04 Å². The molecule has 0 aliphatic carbocycles. The maximum atomic E-state index is 5.50. The Kier molecular flexibility index (Phi) is 5.68. The third-order valence-electron chi connectivity index (χ3n) is 4.90. The summed E-state index contributed by atoms with van der Waals surface area (Å²) in [5, 5.41) is 0. The number of pyridine rings is 1. The largest absolute Gasteiger partial charge is 0.378 e. The SMILES string of the molecule is CCCCN1CCCCC1c1cccnc1N1CCOCC1. The molecule has 0 amide bonds. The summed E-state index contributed by atoms with van der Waals surface area (Å²) < 4.78 is 5.50. The van der Waals surface area contributed by atoms with E-state index in [1.807, 2.05) is 6.20 Å². The molecule has 0 aromatic carbocycles. The molecular weight excluding hydrogens is 274 g/mol. The quantitative estimate of drug-likeness (QED) is 0.835. The van der Waals surface area contributed by atoms with E-state index in [2.05, 4.69) is 28.9 Å². The smallest absolute Gasteiger partial charge is 0.133 e. The van der Waals surface area contributed by atoms with Gasteiger partial charge in [-0.3, -0.25) is 4.90 Å². The lowest BCUT2D eigenvalue weighted by molar-refractivity contribution is 0.121. The lowest BCUT2D eigenvalue weighted by Gasteiger charge is -2.38. The molecule has 2 fully saturated rings. The van der Waals surface area contributed by atoms with Crippen molar-refractivity contribution in [2.45, 2.75) is 45.1 Å². The van der Waals surface area contributed by atoms with Crippen LogP contribution in [0.15, 0.2) is 18.3 Å². The van der Waals surface area contributed by atoms with Crippen molar-refractivity contribution in [1.29, 1.82) is 0 Å². The molecule has 0 bridgehead atoms. The Morgan fingerprint density at radius 2 is 2.09 bits per heavy atom. The van der Waals surface area contributed by atoms with Gasteiger partial charge >= 0.3 is 0 Å². The minimum absolute atomic E-state index is 0.548. The van der Waals surface area contributed by atoms with Crippen molar-refractivity contribution in [3.05, 3.63) is 23.9 Å². The Balaban J connectivity index is 1.82. The number of hydrogen-bond acceptors (Lipinski definition) is 4. The van der Waals surface area contributed by atoms with E-state index < -0.39 is 0 Å². The first-order valence-corrected chi connectivity index (χ1v) is 8.92. The van der Waals surface area contributed by atoms with E-state index in [1.54, 1.807) is 0 Å². The molecule has 0 spiro atoms. The molecule has 1 atom stereocenters. The zero-order valence-electron chi connectivity index (χ0n) is 13.8. The van der Waals surface area contributed by atoms with Crippen LogP contribution in [-0.4, -0.2) is 49.3 Å². The van der Waals surface area contributed by atoms with Gasteiger partial charge in [-0.15, -0.1) is 0 Å². The summed E-state index contributed by atoms with van der Waals surface area (Å²) in [5.74, 6) is 1.19. The van der Waals surface area contributed by atoms with Gasteiger partial charge in [-0.2, -0.15) is 0 Å². The molecule has 122 valence electrons. The number of piperidine rings is 1. The number of likely N-dealkylation sites (tertiary alicyclic amines) is 1. The van der Waals surface area contributed by atoms with Gasteiger partial charge in [-0.25, -0.2) is 4.98 Å². The summed E-state index contributed by atoms with van der Waals surface area (Å²) >= 11 is 0. The summed E-state index contributed by atoms with van der Waals surface area (Å²) in [6, 6.07) is 4.95. The fourth-order valence-corrected chi connectivity index (χ4v) is 3.68. The number of rotatable bonds is 5. The fraction of sp³-hybridized carbons (Fsp3) is 0.722. The van der Waals surface area contributed by atoms with E-state index >= 15 is 0 Å². The van der Waals surface area contributed by atoms with Crippen LogP contribution in [0, 0.1) is 0 Å². The molecular formula is C18H29N3O. The Bertz CT molecular complexity index is 459. The molecule has 3 heterocycles. The summed E-state index contributed by atoms with van der Waals surface area (Å²) in [6.07, 6.45) is 8.45. The van der Waals surface area contributed by atoms with Gasteiger partial charge < -0.3 is 9.64 Å². The topological polar surface area (TPSA) is 28.6 Å². The van der Waals surface area contributed by atoms with Crippen LogP contribution in [0.5, 0.6) is 0 Å². The van der Waals surface area contributed by atoms with Crippen molar-refractivity contribution in [1.82, 2.24) is 9.88 Å². The highest BCUT2D eigenvalue weighted by Gasteiger charge is 2.27. The van der Waals surface area contributed by atoms with Crippen molar-refractivity contribution in [2.75, 3.05) is 44.3 Å². The molecule has 0 radical (unpaired) electrons. The fourth-order valence-electron chi connectivity index (χ4n) is 3.68. The molecule has 3 rings (SSSR count). The number of unbranched alkanes of at least 4 members (excludes halogenated alkanes) is 1. The summed E-state index contributed by atoms with van der Waals surface area (Å²) in [4.78, 5) is 9.83. The van der Waals surface area contributed by atoms with Gasteiger partial charge in [0.1, 0.15) is 5.82 Å². The van der Waals surface area contributed by atoms with E-state index in [1.165, 1.54) is 56.6 Å².